The summed E-state index contributed by atoms with van der Waals surface area (Å²) in [5, 5.41) is 0. The quantitative estimate of drug-likeness (QED) is 0.541. The van der Waals surface area contributed by atoms with Gasteiger partial charge in [-0.3, -0.25) is 13.9 Å². The van der Waals surface area contributed by atoms with Gasteiger partial charge in [-0.1, -0.05) is 66.7 Å². The lowest BCUT2D eigenvalue weighted by Crippen LogP contribution is -2.55. The molecule has 0 radical (unpaired) electrons. The topological polar surface area (TPSA) is 80.8 Å². The van der Waals surface area contributed by atoms with E-state index in [0.717, 1.165) is 5.56 Å². The van der Waals surface area contributed by atoms with Crippen molar-refractivity contribution >= 4 is 38.4 Å². The van der Waals surface area contributed by atoms with Gasteiger partial charge < -0.3 is 4.74 Å². The summed E-state index contributed by atoms with van der Waals surface area (Å²) in [4.78, 5) is 27.8. The molecule has 3 aromatic rings. The van der Waals surface area contributed by atoms with Gasteiger partial charge in [0.1, 0.15) is 0 Å². The average molecular weight is 498 g/mol. The number of nitrogens with zero attached hydrogens (tertiary/aromatic N) is 1. The fourth-order valence-electron chi connectivity index (χ4n) is 5.73. The van der Waals surface area contributed by atoms with E-state index in [9.17, 15) is 18.0 Å². The molecule has 0 fully saturated rings. The SMILES string of the molecule is CO[C@H]1C=C2c3ccccc3N(S(=O)(=O)c3ccccc3)[C@H]2[C@H]2C(=O)C(c3ccccc3)=CC(=O)[C@H]21. The van der Waals surface area contributed by atoms with E-state index in [-0.39, 0.29) is 16.5 Å². The van der Waals surface area contributed by atoms with Crippen LogP contribution < -0.4 is 4.31 Å². The standard InChI is InChI=1S/C29H23NO5S/c1-35-25-17-22-20-14-8-9-15-23(20)30(36(33,34)19-12-6-3-7-13-19)28(22)27-26(25)24(31)16-21(29(27)32)18-10-4-2-5-11-18/h2-17,25-28H,1H3/t25-,26-,27-,28+/m0/s1. The van der Waals surface area contributed by atoms with Gasteiger partial charge in [-0.15, -0.1) is 0 Å². The molecule has 1 heterocycles. The van der Waals surface area contributed by atoms with Gasteiger partial charge in [0.25, 0.3) is 10.0 Å². The molecule has 0 spiro atoms. The zero-order valence-corrected chi connectivity index (χ0v) is 20.3. The Bertz CT molecular complexity index is 1540. The number of sulfonamides is 1. The molecular formula is C29H23NO5S. The first-order chi connectivity index (χ1) is 17.4. The Kier molecular flexibility index (Phi) is 5.28. The molecular weight excluding hydrogens is 474 g/mol. The molecule has 0 unspecified atom stereocenters. The van der Waals surface area contributed by atoms with Gasteiger partial charge in [-0.25, -0.2) is 8.42 Å². The second-order valence-corrected chi connectivity index (χ2v) is 11.0. The van der Waals surface area contributed by atoms with Crippen molar-refractivity contribution in [2.75, 3.05) is 11.4 Å². The van der Waals surface area contributed by atoms with Crippen molar-refractivity contribution in [3.05, 3.63) is 108 Å². The highest BCUT2D eigenvalue weighted by Gasteiger charge is 2.57. The van der Waals surface area contributed by atoms with Crippen molar-refractivity contribution in [2.24, 2.45) is 11.8 Å². The fourth-order valence-corrected chi connectivity index (χ4v) is 7.42. The minimum absolute atomic E-state index is 0.125. The minimum Gasteiger partial charge on any atom is -0.377 e. The van der Waals surface area contributed by atoms with Crippen molar-refractivity contribution in [2.45, 2.75) is 17.0 Å². The average Bonchev–Trinajstić information content (AvgIpc) is 3.25. The first-order valence-electron chi connectivity index (χ1n) is 11.7. The first-order valence-corrected chi connectivity index (χ1v) is 13.2. The second-order valence-electron chi connectivity index (χ2n) is 9.14. The zero-order chi connectivity index (χ0) is 25.0. The highest BCUT2D eigenvalue weighted by atomic mass is 32.2. The summed E-state index contributed by atoms with van der Waals surface area (Å²) >= 11 is 0. The van der Waals surface area contributed by atoms with E-state index < -0.39 is 34.0 Å². The Morgan fingerprint density at radius 2 is 1.44 bits per heavy atom. The smallest absolute Gasteiger partial charge is 0.264 e. The van der Waals surface area contributed by atoms with Crippen molar-refractivity contribution in [1.29, 1.82) is 0 Å². The molecule has 7 heteroatoms. The maximum Gasteiger partial charge on any atom is 0.264 e. The number of ether oxygens (including phenoxy) is 1. The van der Waals surface area contributed by atoms with Gasteiger partial charge in [0.2, 0.25) is 0 Å². The summed E-state index contributed by atoms with van der Waals surface area (Å²) in [6.07, 6.45) is 2.55. The Labute approximate surface area is 209 Å². The maximum absolute atomic E-state index is 14.1. The Balaban J connectivity index is 1.58. The summed E-state index contributed by atoms with van der Waals surface area (Å²) in [5.41, 5.74) is 2.83. The molecule has 0 amide bonds. The number of carbonyl (C=O) groups excluding carboxylic acids is 2. The molecule has 0 saturated heterocycles. The van der Waals surface area contributed by atoms with Crippen molar-refractivity contribution in [3.63, 3.8) is 0 Å². The number of anilines is 1. The van der Waals surface area contributed by atoms with Crippen LogP contribution in [0.3, 0.4) is 0 Å². The molecule has 6 rings (SSSR count). The third-order valence-electron chi connectivity index (χ3n) is 7.29. The van der Waals surface area contributed by atoms with Gasteiger partial charge in [-0.2, -0.15) is 0 Å². The fraction of sp³-hybridized carbons (Fsp3) is 0.172. The summed E-state index contributed by atoms with van der Waals surface area (Å²) in [5.74, 6) is -2.27. The number of rotatable bonds is 4. The van der Waals surface area contributed by atoms with Crippen molar-refractivity contribution in [1.82, 2.24) is 0 Å². The number of allylic oxidation sites excluding steroid dienone is 2. The Morgan fingerprint density at radius 3 is 2.14 bits per heavy atom. The van der Waals surface area contributed by atoms with Crippen molar-refractivity contribution in [3.8, 4) is 0 Å². The van der Waals surface area contributed by atoms with E-state index in [2.05, 4.69) is 0 Å². The normalized spacial score (nSPS) is 25.0. The van der Waals surface area contributed by atoms with E-state index in [1.807, 2.05) is 36.4 Å². The van der Waals surface area contributed by atoms with Crippen LogP contribution in [0.5, 0.6) is 0 Å². The summed E-state index contributed by atoms with van der Waals surface area (Å²) in [6.45, 7) is 0. The molecule has 0 aromatic heterocycles. The summed E-state index contributed by atoms with van der Waals surface area (Å²) < 4.78 is 35.2. The van der Waals surface area contributed by atoms with Crippen molar-refractivity contribution < 1.29 is 22.7 Å². The molecule has 36 heavy (non-hydrogen) atoms. The molecule has 0 bridgehead atoms. The molecule has 0 saturated carbocycles. The van der Waals surface area contributed by atoms with Gasteiger partial charge in [-0.05, 0) is 41.5 Å². The van der Waals surface area contributed by atoms with E-state index in [4.69, 9.17) is 4.74 Å². The van der Waals surface area contributed by atoms with Gasteiger partial charge >= 0.3 is 0 Å². The summed E-state index contributed by atoms with van der Waals surface area (Å²) in [6, 6.07) is 23.5. The van der Waals surface area contributed by atoms with Crippen LogP contribution >= 0.6 is 0 Å². The van der Waals surface area contributed by atoms with Gasteiger partial charge in [0, 0.05) is 18.2 Å². The molecule has 180 valence electrons. The number of methoxy groups -OCH3 is 1. The predicted molar refractivity (Wildman–Crippen MR) is 137 cm³/mol. The molecule has 4 atom stereocenters. The maximum atomic E-state index is 14.1. The number of Topliss-reactive ketones (excluding diaryl/α,β-unsaturated/α-hetero) is 1. The molecule has 3 aromatic carbocycles. The minimum atomic E-state index is -4.05. The van der Waals surface area contributed by atoms with E-state index in [0.29, 0.717) is 22.4 Å². The van der Waals surface area contributed by atoms with Crippen LogP contribution in [0.1, 0.15) is 11.1 Å². The second kappa shape index (κ2) is 8.40. The Hall–Kier alpha value is -3.81. The largest absolute Gasteiger partial charge is 0.377 e. The third kappa shape index (κ3) is 3.23. The van der Waals surface area contributed by atoms with Crippen LogP contribution in [-0.4, -0.2) is 39.2 Å². The number of benzene rings is 3. The van der Waals surface area contributed by atoms with Crippen LogP contribution in [0.15, 0.2) is 102 Å². The van der Waals surface area contributed by atoms with E-state index in [1.165, 1.54) is 17.5 Å². The van der Waals surface area contributed by atoms with E-state index >= 15 is 0 Å². The number of para-hydroxylation sites is 1. The highest BCUT2D eigenvalue weighted by molar-refractivity contribution is 7.93. The van der Waals surface area contributed by atoms with E-state index in [1.54, 1.807) is 54.6 Å². The van der Waals surface area contributed by atoms with Gasteiger partial charge in [0.15, 0.2) is 11.6 Å². The van der Waals surface area contributed by atoms with Gasteiger partial charge in [0.05, 0.1) is 34.6 Å². The molecule has 3 aliphatic rings. The molecule has 1 aliphatic heterocycles. The number of fused-ring (bicyclic) bond motifs is 5. The van der Waals surface area contributed by atoms with Crippen LogP contribution in [-0.2, 0) is 24.3 Å². The number of ketones is 2. The Morgan fingerprint density at radius 1 is 0.806 bits per heavy atom. The molecule has 6 nitrogen and oxygen atoms in total. The number of carbonyl (C=O) groups is 2. The highest BCUT2D eigenvalue weighted by Crippen LogP contribution is 2.53. The molecule has 2 aliphatic carbocycles. The van der Waals surface area contributed by atoms with Crippen LogP contribution in [0.4, 0.5) is 5.69 Å². The van der Waals surface area contributed by atoms with Crippen LogP contribution in [0.2, 0.25) is 0 Å². The zero-order valence-electron chi connectivity index (χ0n) is 19.4. The lowest BCUT2D eigenvalue weighted by molar-refractivity contribution is -0.132. The predicted octanol–water partition coefficient (Wildman–Crippen LogP) is 4.14. The first kappa shape index (κ1) is 22.6. The number of hydrogen-bond acceptors (Lipinski definition) is 5. The molecule has 0 N–H and O–H groups in total. The van der Waals surface area contributed by atoms with Crippen LogP contribution in [0, 0.1) is 11.8 Å². The lowest BCUT2D eigenvalue weighted by atomic mass is 9.65. The summed E-state index contributed by atoms with van der Waals surface area (Å²) in [7, 11) is -2.55. The third-order valence-corrected chi connectivity index (χ3v) is 9.10. The van der Waals surface area contributed by atoms with Crippen LogP contribution in [0.25, 0.3) is 11.1 Å². The lowest BCUT2D eigenvalue weighted by Gasteiger charge is -2.43. The monoisotopic (exact) mass is 497 g/mol. The number of hydrogen-bond donors (Lipinski definition) is 0.